The zero-order chi connectivity index (χ0) is 20.0. The minimum absolute atomic E-state index is 0.133. The summed E-state index contributed by atoms with van der Waals surface area (Å²) < 4.78 is 50.6. The minimum atomic E-state index is -4.59. The monoisotopic (exact) mass is 383 g/mol. The Balaban J connectivity index is 2.42. The maximum Gasteiger partial charge on any atom is 0.423 e. The number of ether oxygens (including phenoxy) is 2. The van der Waals surface area contributed by atoms with E-state index in [4.69, 9.17) is 9.47 Å². The molecule has 0 saturated heterocycles. The topological polar surface area (TPSA) is 47.5 Å². The molecule has 0 aliphatic carbocycles. The van der Waals surface area contributed by atoms with Crippen molar-refractivity contribution >= 4 is 11.6 Å². The molecule has 0 fully saturated rings. The summed E-state index contributed by atoms with van der Waals surface area (Å²) >= 11 is 0. The lowest BCUT2D eigenvalue weighted by molar-refractivity contribution is -0.139. The smallest absolute Gasteiger partial charge is 0.423 e. The number of benzene rings is 1. The van der Waals surface area contributed by atoms with Crippen LogP contribution >= 0.6 is 0 Å². The third-order valence-electron chi connectivity index (χ3n) is 3.55. The van der Waals surface area contributed by atoms with Gasteiger partial charge in [-0.3, -0.25) is 0 Å². The number of halogens is 3. The Labute approximate surface area is 157 Å². The van der Waals surface area contributed by atoms with Gasteiger partial charge in [0.05, 0.1) is 12.7 Å². The minimum Gasteiger partial charge on any atom is -0.494 e. The quantitative estimate of drug-likeness (QED) is 0.625. The molecule has 8 heteroatoms. The molecule has 0 unspecified atom stereocenters. The third-order valence-corrected chi connectivity index (χ3v) is 3.55. The SMILES string of the molecule is CCCOc1cccc(N(CC)c2ncc(C(F)(F)F)c(OC(C)C)n2)c1. The van der Waals surface area contributed by atoms with Gasteiger partial charge in [-0.1, -0.05) is 13.0 Å². The zero-order valence-electron chi connectivity index (χ0n) is 15.9. The van der Waals surface area contributed by atoms with Gasteiger partial charge in [-0.15, -0.1) is 0 Å². The van der Waals surface area contributed by atoms with E-state index in [2.05, 4.69) is 9.97 Å². The van der Waals surface area contributed by atoms with Crippen LogP contribution in [0.15, 0.2) is 30.5 Å². The normalized spacial score (nSPS) is 11.6. The number of rotatable bonds is 8. The Morgan fingerprint density at radius 1 is 1.19 bits per heavy atom. The second-order valence-electron chi connectivity index (χ2n) is 6.14. The predicted octanol–water partition coefficient (Wildman–Crippen LogP) is 5.23. The van der Waals surface area contributed by atoms with Gasteiger partial charge in [0.2, 0.25) is 11.8 Å². The molecular formula is C19H24F3N3O2. The van der Waals surface area contributed by atoms with E-state index < -0.39 is 23.7 Å². The number of anilines is 2. The van der Waals surface area contributed by atoms with E-state index in [1.54, 1.807) is 18.7 Å². The molecule has 27 heavy (non-hydrogen) atoms. The molecule has 0 atom stereocenters. The lowest BCUT2D eigenvalue weighted by Crippen LogP contribution is -2.21. The van der Waals surface area contributed by atoms with Gasteiger partial charge in [0.15, 0.2) is 0 Å². The van der Waals surface area contributed by atoms with Crippen LogP contribution in [0.3, 0.4) is 0 Å². The zero-order valence-corrected chi connectivity index (χ0v) is 15.9. The van der Waals surface area contributed by atoms with E-state index in [0.717, 1.165) is 18.3 Å². The Morgan fingerprint density at radius 2 is 1.93 bits per heavy atom. The van der Waals surface area contributed by atoms with Crippen molar-refractivity contribution in [3.8, 4) is 11.6 Å². The molecule has 148 valence electrons. The molecule has 0 bridgehead atoms. The van der Waals surface area contributed by atoms with Crippen molar-refractivity contribution in [3.63, 3.8) is 0 Å². The molecule has 2 aromatic rings. The van der Waals surface area contributed by atoms with Crippen LogP contribution in [0.25, 0.3) is 0 Å². The van der Waals surface area contributed by atoms with Gasteiger partial charge < -0.3 is 14.4 Å². The van der Waals surface area contributed by atoms with E-state index >= 15 is 0 Å². The molecule has 0 aliphatic rings. The summed E-state index contributed by atoms with van der Waals surface area (Å²) in [6, 6.07) is 7.28. The standard InChI is InChI=1S/C19H24F3N3O2/c1-5-10-26-15-9-7-8-14(11-15)25(6-2)18-23-12-16(19(20,21)22)17(24-18)27-13(3)4/h7-9,11-13H,5-6,10H2,1-4H3. The lowest BCUT2D eigenvalue weighted by atomic mass is 10.2. The van der Waals surface area contributed by atoms with Crippen LogP contribution in [0.1, 0.15) is 39.7 Å². The van der Waals surface area contributed by atoms with Crippen molar-refractivity contribution in [1.29, 1.82) is 0 Å². The summed E-state index contributed by atoms with van der Waals surface area (Å²) in [5.41, 5.74) is -0.266. The highest BCUT2D eigenvalue weighted by atomic mass is 19.4. The summed E-state index contributed by atoms with van der Waals surface area (Å²) in [5, 5.41) is 0. The van der Waals surface area contributed by atoms with Crippen LogP contribution in [-0.2, 0) is 6.18 Å². The summed E-state index contributed by atoms with van der Waals surface area (Å²) in [6.45, 7) is 8.21. The van der Waals surface area contributed by atoms with Crippen molar-refractivity contribution < 1.29 is 22.6 Å². The third kappa shape index (κ3) is 5.48. The Bertz CT molecular complexity index is 751. The molecular weight excluding hydrogens is 359 g/mol. The number of aromatic nitrogens is 2. The molecule has 0 radical (unpaired) electrons. The van der Waals surface area contributed by atoms with Crippen LogP contribution in [0.5, 0.6) is 11.6 Å². The Kier molecular flexibility index (Phi) is 6.87. The fourth-order valence-corrected chi connectivity index (χ4v) is 2.40. The molecule has 0 saturated carbocycles. The highest BCUT2D eigenvalue weighted by Gasteiger charge is 2.37. The van der Waals surface area contributed by atoms with Crippen LogP contribution in [0, 0.1) is 0 Å². The fraction of sp³-hybridized carbons (Fsp3) is 0.474. The highest BCUT2D eigenvalue weighted by Crippen LogP contribution is 2.36. The molecule has 0 spiro atoms. The summed E-state index contributed by atoms with van der Waals surface area (Å²) in [4.78, 5) is 9.68. The Morgan fingerprint density at radius 3 is 2.52 bits per heavy atom. The first-order valence-electron chi connectivity index (χ1n) is 8.87. The van der Waals surface area contributed by atoms with Crippen molar-refractivity contribution in [2.75, 3.05) is 18.1 Å². The van der Waals surface area contributed by atoms with E-state index in [1.807, 2.05) is 38.1 Å². The van der Waals surface area contributed by atoms with Crippen molar-refractivity contribution in [3.05, 3.63) is 36.0 Å². The van der Waals surface area contributed by atoms with Gasteiger partial charge >= 0.3 is 6.18 Å². The maximum atomic E-state index is 13.2. The van der Waals surface area contributed by atoms with E-state index in [-0.39, 0.29) is 5.95 Å². The number of nitrogens with zero attached hydrogens (tertiary/aromatic N) is 3. The van der Waals surface area contributed by atoms with Gasteiger partial charge in [0.25, 0.3) is 0 Å². The molecule has 0 aliphatic heterocycles. The van der Waals surface area contributed by atoms with Crippen molar-refractivity contribution in [1.82, 2.24) is 9.97 Å². The van der Waals surface area contributed by atoms with Crippen molar-refractivity contribution in [2.45, 2.75) is 46.4 Å². The fourth-order valence-electron chi connectivity index (χ4n) is 2.40. The van der Waals surface area contributed by atoms with Gasteiger partial charge in [0, 0.05) is 24.5 Å². The second kappa shape index (κ2) is 8.92. The van der Waals surface area contributed by atoms with Gasteiger partial charge in [-0.25, -0.2) is 4.98 Å². The summed E-state index contributed by atoms with van der Waals surface area (Å²) in [7, 11) is 0. The second-order valence-corrected chi connectivity index (χ2v) is 6.14. The van der Waals surface area contributed by atoms with Crippen LogP contribution in [-0.4, -0.2) is 29.2 Å². The van der Waals surface area contributed by atoms with E-state index in [1.165, 1.54) is 0 Å². The van der Waals surface area contributed by atoms with Gasteiger partial charge in [0.1, 0.15) is 11.3 Å². The molecule has 0 amide bonds. The van der Waals surface area contributed by atoms with Crippen LogP contribution < -0.4 is 14.4 Å². The lowest BCUT2D eigenvalue weighted by Gasteiger charge is -2.23. The molecule has 1 aromatic carbocycles. The molecule has 1 aromatic heterocycles. The first-order chi connectivity index (χ1) is 12.8. The van der Waals surface area contributed by atoms with E-state index in [0.29, 0.717) is 18.9 Å². The number of alkyl halides is 3. The number of hydrogen-bond donors (Lipinski definition) is 0. The van der Waals surface area contributed by atoms with Gasteiger partial charge in [-0.2, -0.15) is 18.2 Å². The van der Waals surface area contributed by atoms with Crippen LogP contribution in [0.2, 0.25) is 0 Å². The first kappa shape index (κ1) is 20.8. The van der Waals surface area contributed by atoms with E-state index in [9.17, 15) is 13.2 Å². The summed E-state index contributed by atoms with van der Waals surface area (Å²) in [5.74, 6) is 0.339. The van der Waals surface area contributed by atoms with Crippen molar-refractivity contribution in [2.24, 2.45) is 0 Å². The summed E-state index contributed by atoms with van der Waals surface area (Å²) in [6.07, 6.45) is -3.40. The molecule has 5 nitrogen and oxygen atoms in total. The van der Waals surface area contributed by atoms with Gasteiger partial charge in [-0.05, 0) is 39.3 Å². The maximum absolute atomic E-state index is 13.2. The number of hydrogen-bond acceptors (Lipinski definition) is 5. The highest BCUT2D eigenvalue weighted by molar-refractivity contribution is 5.59. The first-order valence-corrected chi connectivity index (χ1v) is 8.87. The average molecular weight is 383 g/mol. The average Bonchev–Trinajstić information content (AvgIpc) is 2.59. The molecule has 2 rings (SSSR count). The predicted molar refractivity (Wildman–Crippen MR) is 97.7 cm³/mol. The largest absolute Gasteiger partial charge is 0.494 e. The Hall–Kier alpha value is -2.51. The molecule has 0 N–H and O–H groups in total. The van der Waals surface area contributed by atoms with Crippen LogP contribution in [0.4, 0.5) is 24.8 Å². The molecule has 1 heterocycles.